The predicted molar refractivity (Wildman–Crippen MR) is 134 cm³/mol. The molecule has 7 heteroatoms. The summed E-state index contributed by atoms with van der Waals surface area (Å²) in [5.41, 5.74) is 4.98. The molecular formula is C27H25ClN2O4. The molecule has 6 nitrogen and oxygen atoms in total. The van der Waals surface area contributed by atoms with Crippen molar-refractivity contribution in [2.45, 2.75) is 27.4 Å². The number of aryl methyl sites for hydroxylation is 1. The summed E-state index contributed by atoms with van der Waals surface area (Å²) in [5, 5.41) is 4.21. The van der Waals surface area contributed by atoms with Gasteiger partial charge in [0.1, 0.15) is 23.9 Å². The molecule has 0 aliphatic carbocycles. The van der Waals surface area contributed by atoms with Gasteiger partial charge >= 0.3 is 6.09 Å². The molecule has 34 heavy (non-hydrogen) atoms. The topological polar surface area (TPSA) is 69.7 Å². The van der Waals surface area contributed by atoms with E-state index >= 15 is 0 Å². The number of fused-ring (bicyclic) bond motifs is 1. The standard InChI is InChI=1S/C27H25ClN2O4/c1-16-13-23-20(14-26(16)32-4)25(11-12-29-23)34-24-10-9-22(17(2)18(24)3)30-27(31)33-15-19-7-5-6-8-21(19)28/h5-14H,15H2,1-4H3,(H,30,31). The second kappa shape index (κ2) is 10.0. The number of nitrogens with one attached hydrogen (secondary N) is 1. The Kier molecular flexibility index (Phi) is 6.89. The SMILES string of the molecule is COc1cc2c(Oc3ccc(NC(=O)OCc4ccccc4Cl)c(C)c3C)ccnc2cc1C. The maximum atomic E-state index is 12.3. The molecule has 1 amide bonds. The van der Waals surface area contributed by atoms with E-state index in [1.54, 1.807) is 25.4 Å². The van der Waals surface area contributed by atoms with Crippen LogP contribution in [0, 0.1) is 20.8 Å². The fraction of sp³-hybridized carbons (Fsp3) is 0.185. The minimum Gasteiger partial charge on any atom is -0.496 e. The Morgan fingerprint density at radius 2 is 1.76 bits per heavy atom. The van der Waals surface area contributed by atoms with Crippen molar-refractivity contribution < 1.29 is 19.0 Å². The predicted octanol–water partition coefficient (Wildman–Crippen LogP) is 7.36. The van der Waals surface area contributed by atoms with Gasteiger partial charge in [-0.2, -0.15) is 0 Å². The smallest absolute Gasteiger partial charge is 0.411 e. The van der Waals surface area contributed by atoms with E-state index in [-0.39, 0.29) is 6.61 Å². The first kappa shape index (κ1) is 23.4. The van der Waals surface area contributed by atoms with E-state index in [2.05, 4.69) is 10.3 Å². The molecule has 1 heterocycles. The zero-order valence-electron chi connectivity index (χ0n) is 19.4. The van der Waals surface area contributed by atoms with Crippen molar-refractivity contribution in [1.82, 2.24) is 4.98 Å². The number of amides is 1. The molecule has 0 fully saturated rings. The summed E-state index contributed by atoms with van der Waals surface area (Å²) in [5.74, 6) is 2.12. The lowest BCUT2D eigenvalue weighted by Gasteiger charge is -2.16. The zero-order chi connectivity index (χ0) is 24.2. The molecule has 0 bridgehead atoms. The van der Waals surface area contributed by atoms with Crippen molar-refractivity contribution in [2.75, 3.05) is 12.4 Å². The van der Waals surface area contributed by atoms with Crippen LogP contribution >= 0.6 is 11.6 Å². The highest BCUT2D eigenvalue weighted by Crippen LogP contribution is 2.36. The summed E-state index contributed by atoms with van der Waals surface area (Å²) < 4.78 is 17.1. The highest BCUT2D eigenvalue weighted by molar-refractivity contribution is 6.31. The summed E-state index contributed by atoms with van der Waals surface area (Å²) in [4.78, 5) is 16.8. The lowest BCUT2D eigenvalue weighted by molar-refractivity contribution is 0.155. The second-order valence-corrected chi connectivity index (χ2v) is 8.31. The van der Waals surface area contributed by atoms with E-state index in [9.17, 15) is 4.79 Å². The van der Waals surface area contributed by atoms with Crippen molar-refractivity contribution in [1.29, 1.82) is 0 Å². The number of rotatable bonds is 6. The van der Waals surface area contributed by atoms with Crippen molar-refractivity contribution in [3.05, 3.63) is 88.1 Å². The molecule has 0 saturated heterocycles. The van der Waals surface area contributed by atoms with Crippen molar-refractivity contribution in [3.8, 4) is 17.2 Å². The minimum absolute atomic E-state index is 0.0861. The molecule has 1 N–H and O–H groups in total. The van der Waals surface area contributed by atoms with Gasteiger partial charge in [0.05, 0.1) is 12.6 Å². The molecule has 0 spiro atoms. The Morgan fingerprint density at radius 1 is 0.971 bits per heavy atom. The normalized spacial score (nSPS) is 10.7. The van der Waals surface area contributed by atoms with Gasteiger partial charge in [-0.25, -0.2) is 4.79 Å². The summed E-state index contributed by atoms with van der Waals surface area (Å²) in [6, 6.07) is 16.6. The molecule has 4 aromatic rings. The fourth-order valence-corrected chi connectivity index (χ4v) is 3.82. The number of pyridine rings is 1. The van der Waals surface area contributed by atoms with Crippen LogP contribution in [-0.2, 0) is 11.3 Å². The van der Waals surface area contributed by atoms with Gasteiger partial charge in [-0.15, -0.1) is 0 Å². The molecule has 1 aromatic heterocycles. The van der Waals surface area contributed by atoms with Gasteiger partial charge in [-0.05, 0) is 73.9 Å². The van der Waals surface area contributed by atoms with Crippen molar-refractivity contribution >= 4 is 34.3 Å². The second-order valence-electron chi connectivity index (χ2n) is 7.90. The minimum atomic E-state index is -0.557. The Balaban J connectivity index is 1.52. The summed E-state index contributed by atoms with van der Waals surface area (Å²) in [7, 11) is 1.64. The molecule has 0 atom stereocenters. The number of anilines is 1. The number of methoxy groups -OCH3 is 1. The zero-order valence-corrected chi connectivity index (χ0v) is 20.2. The van der Waals surface area contributed by atoms with Crippen molar-refractivity contribution in [2.24, 2.45) is 0 Å². The Labute approximate surface area is 203 Å². The van der Waals surface area contributed by atoms with Gasteiger partial charge in [0.2, 0.25) is 0 Å². The molecule has 4 rings (SSSR count). The number of hydrogen-bond acceptors (Lipinski definition) is 5. The van der Waals surface area contributed by atoms with Gasteiger partial charge in [-0.1, -0.05) is 29.8 Å². The van der Waals surface area contributed by atoms with E-state index in [0.717, 1.165) is 38.9 Å². The van der Waals surface area contributed by atoms with E-state index in [1.807, 2.05) is 63.2 Å². The first-order valence-electron chi connectivity index (χ1n) is 10.8. The maximum Gasteiger partial charge on any atom is 0.411 e. The fourth-order valence-electron chi connectivity index (χ4n) is 3.63. The Morgan fingerprint density at radius 3 is 2.53 bits per heavy atom. The number of carbonyl (C=O) groups is 1. The van der Waals surface area contributed by atoms with E-state index < -0.39 is 6.09 Å². The third-order valence-electron chi connectivity index (χ3n) is 5.73. The number of carbonyl (C=O) groups excluding carboxylic acids is 1. The maximum absolute atomic E-state index is 12.3. The molecule has 0 saturated carbocycles. The molecule has 0 aliphatic heterocycles. The van der Waals surface area contributed by atoms with Crippen LogP contribution in [0.25, 0.3) is 10.9 Å². The van der Waals surface area contributed by atoms with Gasteiger partial charge < -0.3 is 14.2 Å². The van der Waals surface area contributed by atoms with Crippen LogP contribution in [0.4, 0.5) is 10.5 Å². The Bertz CT molecular complexity index is 1370. The Hall–Kier alpha value is -3.77. The first-order chi connectivity index (χ1) is 16.4. The van der Waals surface area contributed by atoms with Crippen LogP contribution in [0.5, 0.6) is 17.2 Å². The number of halogens is 1. The summed E-state index contributed by atoms with van der Waals surface area (Å²) in [6.07, 6.45) is 1.16. The molecule has 3 aromatic carbocycles. The molecule has 0 radical (unpaired) electrons. The van der Waals surface area contributed by atoms with E-state index in [4.69, 9.17) is 25.8 Å². The summed E-state index contributed by atoms with van der Waals surface area (Å²) in [6.45, 7) is 5.93. The average Bonchev–Trinajstić information content (AvgIpc) is 2.83. The van der Waals surface area contributed by atoms with E-state index in [0.29, 0.717) is 22.2 Å². The van der Waals surface area contributed by atoms with Crippen LogP contribution in [0.2, 0.25) is 5.02 Å². The molecule has 174 valence electrons. The first-order valence-corrected chi connectivity index (χ1v) is 11.1. The number of aromatic nitrogens is 1. The van der Waals surface area contributed by atoms with Gasteiger partial charge in [0.15, 0.2) is 0 Å². The van der Waals surface area contributed by atoms with Crippen LogP contribution in [0.1, 0.15) is 22.3 Å². The molecular weight excluding hydrogens is 452 g/mol. The number of ether oxygens (including phenoxy) is 3. The monoisotopic (exact) mass is 476 g/mol. The van der Waals surface area contributed by atoms with Crippen LogP contribution in [0.3, 0.4) is 0 Å². The van der Waals surface area contributed by atoms with Crippen LogP contribution in [0.15, 0.2) is 60.8 Å². The van der Waals surface area contributed by atoms with Gasteiger partial charge in [-0.3, -0.25) is 10.3 Å². The largest absolute Gasteiger partial charge is 0.496 e. The highest BCUT2D eigenvalue weighted by Gasteiger charge is 2.14. The lowest BCUT2D eigenvalue weighted by Crippen LogP contribution is -2.14. The molecule has 0 unspecified atom stereocenters. The van der Waals surface area contributed by atoms with Crippen LogP contribution in [-0.4, -0.2) is 18.2 Å². The number of benzene rings is 3. The summed E-state index contributed by atoms with van der Waals surface area (Å²) >= 11 is 6.12. The third kappa shape index (κ3) is 4.92. The number of nitrogens with zero attached hydrogens (tertiary/aromatic N) is 1. The average molecular weight is 477 g/mol. The highest BCUT2D eigenvalue weighted by atomic mass is 35.5. The van der Waals surface area contributed by atoms with E-state index in [1.165, 1.54) is 0 Å². The lowest BCUT2D eigenvalue weighted by atomic mass is 10.1. The van der Waals surface area contributed by atoms with Crippen LogP contribution < -0.4 is 14.8 Å². The number of hydrogen-bond donors (Lipinski definition) is 1. The molecule has 0 aliphatic rings. The third-order valence-corrected chi connectivity index (χ3v) is 6.10. The van der Waals surface area contributed by atoms with Gasteiger partial charge in [0.25, 0.3) is 0 Å². The quantitative estimate of drug-likeness (QED) is 0.314. The van der Waals surface area contributed by atoms with Crippen molar-refractivity contribution in [3.63, 3.8) is 0 Å². The van der Waals surface area contributed by atoms with Gasteiger partial charge in [0, 0.05) is 27.9 Å².